The van der Waals surface area contributed by atoms with Crippen molar-refractivity contribution in [1.82, 2.24) is 5.32 Å². The molecule has 1 nitrogen and oxygen atoms in total. The Labute approximate surface area is 133 Å². The predicted octanol–water partition coefficient (Wildman–Crippen LogP) is 5.24. The maximum atomic E-state index is 14.2. The molecular weight excluding hydrogens is 329 g/mol. The first kappa shape index (κ1) is 14.7. The zero-order chi connectivity index (χ0) is 14.8. The number of aryl methyl sites for hydroxylation is 1. The van der Waals surface area contributed by atoms with Gasteiger partial charge in [0.05, 0.1) is 4.47 Å². The van der Waals surface area contributed by atoms with Crippen molar-refractivity contribution in [3.63, 3.8) is 0 Å². The van der Waals surface area contributed by atoms with Crippen molar-refractivity contribution >= 4 is 15.9 Å². The van der Waals surface area contributed by atoms with Gasteiger partial charge in [0.2, 0.25) is 0 Å². The van der Waals surface area contributed by atoms with Gasteiger partial charge in [-0.05, 0) is 64.5 Å². The van der Waals surface area contributed by atoms with Crippen molar-refractivity contribution in [2.75, 3.05) is 6.54 Å². The zero-order valence-electron chi connectivity index (χ0n) is 12.1. The van der Waals surface area contributed by atoms with Crippen LogP contribution in [0.2, 0.25) is 0 Å². The number of rotatable bonds is 4. The predicted molar refractivity (Wildman–Crippen MR) is 88.9 cm³/mol. The Bertz CT molecular complexity index is 654. The van der Waals surface area contributed by atoms with Crippen molar-refractivity contribution in [3.05, 3.63) is 57.8 Å². The number of hydrogen-bond acceptors (Lipinski definition) is 1. The third kappa shape index (κ3) is 2.90. The highest BCUT2D eigenvalue weighted by atomic mass is 79.9. The maximum Gasteiger partial charge on any atom is 0.145 e. The van der Waals surface area contributed by atoms with E-state index in [0.29, 0.717) is 16.1 Å². The van der Waals surface area contributed by atoms with Crippen molar-refractivity contribution in [2.45, 2.75) is 32.2 Å². The molecule has 1 aliphatic carbocycles. The van der Waals surface area contributed by atoms with Crippen molar-refractivity contribution in [3.8, 4) is 11.1 Å². The largest absolute Gasteiger partial charge is 0.310 e. The van der Waals surface area contributed by atoms with Gasteiger partial charge in [0.15, 0.2) is 0 Å². The monoisotopic (exact) mass is 347 g/mol. The zero-order valence-corrected chi connectivity index (χ0v) is 13.7. The quantitative estimate of drug-likeness (QED) is 0.797. The van der Waals surface area contributed by atoms with E-state index < -0.39 is 0 Å². The van der Waals surface area contributed by atoms with E-state index in [9.17, 15) is 4.39 Å². The fourth-order valence-corrected chi connectivity index (χ4v) is 3.41. The molecule has 3 heteroatoms. The van der Waals surface area contributed by atoms with Crippen LogP contribution in [0.3, 0.4) is 0 Å². The van der Waals surface area contributed by atoms with Gasteiger partial charge in [-0.2, -0.15) is 0 Å². The second-order valence-electron chi connectivity index (χ2n) is 5.56. The summed E-state index contributed by atoms with van der Waals surface area (Å²) < 4.78 is 14.7. The molecule has 110 valence electrons. The van der Waals surface area contributed by atoms with Crippen LogP contribution in [0.25, 0.3) is 11.1 Å². The minimum atomic E-state index is -0.184. The van der Waals surface area contributed by atoms with Crippen molar-refractivity contribution in [2.24, 2.45) is 0 Å². The molecule has 0 aliphatic heterocycles. The lowest BCUT2D eigenvalue weighted by Gasteiger charge is -2.14. The average molecular weight is 348 g/mol. The normalized spacial score (nSPS) is 17.0. The fourth-order valence-electron chi connectivity index (χ4n) is 3.04. The lowest BCUT2D eigenvalue weighted by atomic mass is 9.99. The smallest absolute Gasteiger partial charge is 0.145 e. The summed E-state index contributed by atoms with van der Waals surface area (Å²) >= 11 is 3.26. The van der Waals surface area contributed by atoms with Crippen LogP contribution >= 0.6 is 15.9 Å². The molecule has 3 rings (SSSR count). The third-order valence-electron chi connectivity index (χ3n) is 4.12. The van der Waals surface area contributed by atoms with Gasteiger partial charge < -0.3 is 5.32 Å². The van der Waals surface area contributed by atoms with Gasteiger partial charge in [-0.25, -0.2) is 4.39 Å². The topological polar surface area (TPSA) is 12.0 Å². The Kier molecular flexibility index (Phi) is 4.41. The van der Waals surface area contributed by atoms with Crippen LogP contribution in [-0.4, -0.2) is 6.54 Å². The molecule has 0 fully saturated rings. The van der Waals surface area contributed by atoms with E-state index in [1.54, 1.807) is 6.07 Å². The van der Waals surface area contributed by atoms with Gasteiger partial charge >= 0.3 is 0 Å². The molecule has 0 saturated heterocycles. The molecule has 1 unspecified atom stereocenters. The third-order valence-corrected chi connectivity index (χ3v) is 4.74. The number of hydrogen-bond donors (Lipinski definition) is 1. The van der Waals surface area contributed by atoms with Crippen molar-refractivity contribution < 1.29 is 4.39 Å². The average Bonchev–Trinajstić information content (AvgIpc) is 2.90. The molecular formula is C18H19BrFN. The molecule has 0 bridgehead atoms. The number of benzene rings is 2. The first-order valence-electron chi connectivity index (χ1n) is 7.51. The van der Waals surface area contributed by atoms with Crippen LogP contribution in [0, 0.1) is 5.82 Å². The lowest BCUT2D eigenvalue weighted by molar-refractivity contribution is 0.529. The standard InChI is InChI=1S/C18H19BrFN/c1-2-10-21-17-9-7-12-11-13(6-8-14(12)17)15-4-3-5-16(19)18(15)20/h3-6,8,11,17,21H,2,7,9-10H2,1H3. The summed E-state index contributed by atoms with van der Waals surface area (Å²) in [4.78, 5) is 0. The number of halogens is 2. The Hall–Kier alpha value is -1.19. The molecule has 2 aromatic carbocycles. The van der Waals surface area contributed by atoms with E-state index in [4.69, 9.17) is 0 Å². The molecule has 0 radical (unpaired) electrons. The first-order chi connectivity index (χ1) is 10.2. The SMILES string of the molecule is CCCNC1CCc2cc(-c3cccc(Br)c3F)ccc21. The minimum absolute atomic E-state index is 0.184. The highest BCUT2D eigenvalue weighted by Crippen LogP contribution is 2.35. The Morgan fingerprint density at radius 1 is 1.29 bits per heavy atom. The van der Waals surface area contributed by atoms with Crippen LogP contribution in [0.5, 0.6) is 0 Å². The highest BCUT2D eigenvalue weighted by molar-refractivity contribution is 9.10. The second kappa shape index (κ2) is 6.29. The first-order valence-corrected chi connectivity index (χ1v) is 8.30. The summed E-state index contributed by atoms with van der Waals surface area (Å²) in [6, 6.07) is 12.2. The van der Waals surface area contributed by atoms with Crippen LogP contribution in [0.1, 0.15) is 36.9 Å². The number of fused-ring (bicyclic) bond motifs is 1. The second-order valence-corrected chi connectivity index (χ2v) is 6.41. The summed E-state index contributed by atoms with van der Waals surface area (Å²) in [5.41, 5.74) is 4.35. The molecule has 0 heterocycles. The molecule has 1 aliphatic rings. The fraction of sp³-hybridized carbons (Fsp3) is 0.333. The van der Waals surface area contributed by atoms with Gasteiger partial charge in [0.25, 0.3) is 0 Å². The lowest BCUT2D eigenvalue weighted by Crippen LogP contribution is -2.19. The van der Waals surface area contributed by atoms with E-state index in [1.807, 2.05) is 18.2 Å². The molecule has 1 N–H and O–H groups in total. The molecule has 1 atom stereocenters. The summed E-state index contributed by atoms with van der Waals surface area (Å²) in [6.45, 7) is 3.23. The molecule has 0 amide bonds. The highest BCUT2D eigenvalue weighted by Gasteiger charge is 2.22. The van der Waals surface area contributed by atoms with Crippen LogP contribution in [-0.2, 0) is 6.42 Å². The van der Waals surface area contributed by atoms with Crippen LogP contribution in [0.4, 0.5) is 4.39 Å². The van der Waals surface area contributed by atoms with E-state index >= 15 is 0 Å². The molecule has 2 aromatic rings. The van der Waals surface area contributed by atoms with E-state index in [-0.39, 0.29) is 5.82 Å². The van der Waals surface area contributed by atoms with E-state index in [0.717, 1.165) is 31.4 Å². The molecule has 21 heavy (non-hydrogen) atoms. The molecule has 0 spiro atoms. The van der Waals surface area contributed by atoms with Crippen molar-refractivity contribution in [1.29, 1.82) is 0 Å². The summed E-state index contributed by atoms with van der Waals surface area (Å²) in [7, 11) is 0. The molecule has 0 saturated carbocycles. The Morgan fingerprint density at radius 2 is 2.14 bits per heavy atom. The van der Waals surface area contributed by atoms with Crippen LogP contribution in [0.15, 0.2) is 40.9 Å². The van der Waals surface area contributed by atoms with E-state index in [1.165, 1.54) is 11.1 Å². The number of nitrogens with one attached hydrogen (secondary N) is 1. The van der Waals surface area contributed by atoms with Gasteiger partial charge in [-0.1, -0.05) is 37.3 Å². The Morgan fingerprint density at radius 3 is 2.95 bits per heavy atom. The maximum absolute atomic E-state index is 14.2. The van der Waals surface area contributed by atoms with Gasteiger partial charge in [0.1, 0.15) is 5.82 Å². The van der Waals surface area contributed by atoms with Gasteiger partial charge in [-0.3, -0.25) is 0 Å². The Balaban J connectivity index is 1.92. The summed E-state index contributed by atoms with van der Waals surface area (Å²) in [6.07, 6.45) is 3.35. The summed E-state index contributed by atoms with van der Waals surface area (Å²) in [5, 5.41) is 3.59. The van der Waals surface area contributed by atoms with E-state index in [2.05, 4.69) is 40.3 Å². The molecule has 0 aromatic heterocycles. The van der Waals surface area contributed by atoms with Gasteiger partial charge in [0, 0.05) is 11.6 Å². The van der Waals surface area contributed by atoms with Gasteiger partial charge in [-0.15, -0.1) is 0 Å². The van der Waals surface area contributed by atoms with Crippen LogP contribution < -0.4 is 5.32 Å². The minimum Gasteiger partial charge on any atom is -0.310 e. The summed E-state index contributed by atoms with van der Waals surface area (Å²) in [5.74, 6) is -0.184.